The lowest BCUT2D eigenvalue weighted by atomic mass is 10.2. The highest BCUT2D eigenvalue weighted by Gasteiger charge is 2.28. The summed E-state index contributed by atoms with van der Waals surface area (Å²) in [5.74, 6) is 0. The van der Waals surface area contributed by atoms with E-state index in [1.807, 2.05) is 39.0 Å². The quantitative estimate of drug-likeness (QED) is 0.842. The van der Waals surface area contributed by atoms with Gasteiger partial charge in [-0.3, -0.25) is 0 Å². The number of hydrogen-bond acceptors (Lipinski definition) is 3. The van der Waals surface area contributed by atoms with Gasteiger partial charge in [0.25, 0.3) is 0 Å². The van der Waals surface area contributed by atoms with E-state index in [-0.39, 0.29) is 10.8 Å². The molecule has 1 N–H and O–H groups in total. The summed E-state index contributed by atoms with van der Waals surface area (Å²) in [4.78, 5) is 2.46. The second-order valence-corrected chi connectivity index (χ2v) is 8.90. The minimum Gasteiger partial charge on any atom is -0.598 e. The Labute approximate surface area is 128 Å². The van der Waals surface area contributed by atoms with Crippen molar-refractivity contribution in [1.29, 1.82) is 0 Å². The van der Waals surface area contributed by atoms with E-state index < -0.39 is 11.4 Å². The average Bonchev–Trinajstić information content (AvgIpc) is 2.88. The molecule has 108 valence electrons. The van der Waals surface area contributed by atoms with Crippen LogP contribution in [0.1, 0.15) is 38.6 Å². The van der Waals surface area contributed by atoms with Gasteiger partial charge in [0.2, 0.25) is 0 Å². The zero-order chi connectivity index (χ0) is 14.8. The van der Waals surface area contributed by atoms with Crippen molar-refractivity contribution < 1.29 is 4.55 Å². The van der Waals surface area contributed by atoms with Crippen LogP contribution in [0.25, 0.3) is 10.4 Å². The third-order valence-corrected chi connectivity index (χ3v) is 5.95. The Bertz CT molecular complexity index is 545. The molecule has 2 aromatic rings. The summed E-state index contributed by atoms with van der Waals surface area (Å²) < 4.78 is 15.1. The first-order valence-corrected chi connectivity index (χ1v) is 8.68. The molecule has 0 fully saturated rings. The molecule has 1 unspecified atom stereocenters. The lowest BCUT2D eigenvalue weighted by Gasteiger charge is -2.26. The van der Waals surface area contributed by atoms with Crippen molar-refractivity contribution in [1.82, 2.24) is 4.72 Å². The molecule has 0 aliphatic carbocycles. The smallest absolute Gasteiger partial charge is 0.136 e. The second-order valence-electron chi connectivity index (χ2n) is 5.79. The number of benzene rings is 1. The molecule has 0 aliphatic rings. The Kier molecular flexibility index (Phi) is 4.91. The van der Waals surface area contributed by atoms with Crippen LogP contribution in [-0.2, 0) is 11.4 Å². The van der Waals surface area contributed by atoms with E-state index in [2.05, 4.69) is 35.9 Å². The lowest BCUT2D eigenvalue weighted by Crippen LogP contribution is -2.40. The van der Waals surface area contributed by atoms with Crippen molar-refractivity contribution in [2.24, 2.45) is 0 Å². The van der Waals surface area contributed by atoms with Gasteiger partial charge in [0.05, 0.1) is 6.04 Å². The number of rotatable bonds is 4. The zero-order valence-electron chi connectivity index (χ0n) is 12.3. The summed E-state index contributed by atoms with van der Waals surface area (Å²) in [6, 6.07) is 14.7. The standard InChI is InChI=1S/C16H21NOS2/c1-12(17-20(18)16(2,3)4)14-10-11-15(19-14)13-8-6-5-7-9-13/h5-12,17H,1-4H3/t12-,20?/m1/s1. The molecule has 0 aliphatic heterocycles. The van der Waals surface area contributed by atoms with Crippen LogP contribution in [0.3, 0.4) is 0 Å². The van der Waals surface area contributed by atoms with Crippen LogP contribution >= 0.6 is 11.3 Å². The highest BCUT2D eigenvalue weighted by molar-refractivity contribution is 7.90. The van der Waals surface area contributed by atoms with Crippen LogP contribution in [0.5, 0.6) is 0 Å². The Morgan fingerprint density at radius 2 is 1.75 bits per heavy atom. The summed E-state index contributed by atoms with van der Waals surface area (Å²) >= 11 is 0.703. The monoisotopic (exact) mass is 307 g/mol. The fourth-order valence-electron chi connectivity index (χ4n) is 1.74. The molecule has 20 heavy (non-hydrogen) atoms. The first kappa shape index (κ1) is 15.6. The Balaban J connectivity index is 2.09. The molecule has 1 heterocycles. The Hall–Kier alpha value is -0.810. The van der Waals surface area contributed by atoms with Gasteiger partial charge in [-0.2, -0.15) is 0 Å². The molecular weight excluding hydrogens is 286 g/mol. The summed E-state index contributed by atoms with van der Waals surface area (Å²) in [5.41, 5.74) is 1.23. The molecule has 0 amide bonds. The molecule has 0 spiro atoms. The van der Waals surface area contributed by atoms with Crippen molar-refractivity contribution in [3.63, 3.8) is 0 Å². The van der Waals surface area contributed by atoms with Crippen LogP contribution in [-0.4, -0.2) is 9.30 Å². The fourth-order valence-corrected chi connectivity index (χ4v) is 3.63. The molecule has 4 heteroatoms. The third kappa shape index (κ3) is 3.85. The minimum absolute atomic E-state index is 0.0949. The van der Waals surface area contributed by atoms with Crippen molar-refractivity contribution in [2.45, 2.75) is 38.5 Å². The Morgan fingerprint density at radius 1 is 1.10 bits per heavy atom. The number of hydrogen-bond donors (Lipinski definition) is 1. The largest absolute Gasteiger partial charge is 0.598 e. The molecule has 2 atom stereocenters. The van der Waals surface area contributed by atoms with E-state index in [0.717, 1.165) is 0 Å². The van der Waals surface area contributed by atoms with E-state index >= 15 is 0 Å². The molecule has 0 saturated carbocycles. The maximum atomic E-state index is 12.1. The van der Waals surface area contributed by atoms with Crippen LogP contribution < -0.4 is 4.72 Å². The normalized spacial score (nSPS) is 15.1. The molecule has 0 radical (unpaired) electrons. The molecular formula is C16H21NOS2. The third-order valence-electron chi connectivity index (χ3n) is 2.95. The van der Waals surface area contributed by atoms with Crippen molar-refractivity contribution in [3.05, 3.63) is 47.3 Å². The topological polar surface area (TPSA) is 35.1 Å². The number of thiophene rings is 1. The summed E-state index contributed by atoms with van der Waals surface area (Å²) in [6.45, 7) is 8.00. The highest BCUT2D eigenvalue weighted by Crippen LogP contribution is 2.32. The van der Waals surface area contributed by atoms with Crippen molar-refractivity contribution in [3.8, 4) is 10.4 Å². The minimum atomic E-state index is -1.05. The summed E-state index contributed by atoms with van der Waals surface area (Å²) in [6.07, 6.45) is 0. The van der Waals surface area contributed by atoms with Gasteiger partial charge < -0.3 is 4.55 Å². The van der Waals surface area contributed by atoms with E-state index in [0.29, 0.717) is 0 Å². The summed E-state index contributed by atoms with van der Waals surface area (Å²) in [5, 5.41) is 0. The van der Waals surface area contributed by atoms with Crippen molar-refractivity contribution >= 4 is 22.7 Å². The van der Waals surface area contributed by atoms with Crippen LogP contribution in [0.2, 0.25) is 0 Å². The number of nitrogens with one attached hydrogen (secondary N) is 1. The van der Waals surface area contributed by atoms with Gasteiger partial charge in [-0.15, -0.1) is 16.1 Å². The maximum absolute atomic E-state index is 12.1. The van der Waals surface area contributed by atoms with E-state index in [4.69, 9.17) is 0 Å². The predicted octanol–water partition coefficient (Wildman–Crippen LogP) is 4.53. The average molecular weight is 307 g/mol. The molecule has 2 nitrogen and oxygen atoms in total. The van der Waals surface area contributed by atoms with Gasteiger partial charge in [0.1, 0.15) is 4.75 Å². The van der Waals surface area contributed by atoms with Gasteiger partial charge >= 0.3 is 0 Å². The first-order valence-electron chi connectivity index (χ1n) is 6.71. The van der Waals surface area contributed by atoms with Crippen LogP contribution in [0.4, 0.5) is 0 Å². The molecule has 0 bridgehead atoms. The van der Waals surface area contributed by atoms with Gasteiger partial charge in [-0.25, -0.2) is 0 Å². The highest BCUT2D eigenvalue weighted by atomic mass is 32.2. The lowest BCUT2D eigenvalue weighted by molar-refractivity contribution is 0.532. The van der Waals surface area contributed by atoms with E-state index in [1.54, 1.807) is 11.3 Å². The fraction of sp³-hybridized carbons (Fsp3) is 0.375. The van der Waals surface area contributed by atoms with Crippen LogP contribution in [0, 0.1) is 0 Å². The first-order chi connectivity index (χ1) is 9.38. The van der Waals surface area contributed by atoms with Gasteiger partial charge in [-0.1, -0.05) is 30.3 Å². The maximum Gasteiger partial charge on any atom is 0.136 e. The molecule has 0 saturated heterocycles. The van der Waals surface area contributed by atoms with E-state index in [1.165, 1.54) is 15.3 Å². The zero-order valence-corrected chi connectivity index (χ0v) is 14.0. The SMILES string of the molecule is C[C@@H](N[S+]([O-])C(C)(C)C)c1ccc(-c2ccccc2)s1. The van der Waals surface area contributed by atoms with Crippen molar-refractivity contribution in [2.75, 3.05) is 0 Å². The Morgan fingerprint density at radius 3 is 2.35 bits per heavy atom. The van der Waals surface area contributed by atoms with Gasteiger partial charge in [-0.05, 0) is 45.4 Å². The predicted molar refractivity (Wildman–Crippen MR) is 89.2 cm³/mol. The molecule has 1 aromatic carbocycles. The van der Waals surface area contributed by atoms with Gasteiger partial charge in [0.15, 0.2) is 0 Å². The molecule has 1 aromatic heterocycles. The second kappa shape index (κ2) is 6.31. The summed E-state index contributed by atoms with van der Waals surface area (Å²) in [7, 11) is 0. The van der Waals surface area contributed by atoms with E-state index in [9.17, 15) is 4.55 Å². The van der Waals surface area contributed by atoms with Crippen LogP contribution in [0.15, 0.2) is 42.5 Å². The van der Waals surface area contributed by atoms with Gasteiger partial charge in [0, 0.05) is 21.1 Å². The molecule has 2 rings (SSSR count).